The van der Waals surface area contributed by atoms with Crippen molar-refractivity contribution in [2.24, 2.45) is 0 Å². The van der Waals surface area contributed by atoms with Gasteiger partial charge in [0, 0.05) is 18.9 Å². The standard InChI is InChI=1S/C14H18BrNO5/c1-20-11-8-9(7-10(15)14(11)21-2)5-6-16-12(17)3-4-13(18)19/h7-8H,3-6H2,1-2H3,(H,16,17)(H,18,19)/p-1. The molecule has 1 N–H and O–H groups in total. The van der Waals surface area contributed by atoms with E-state index in [4.69, 9.17) is 9.47 Å². The number of methoxy groups -OCH3 is 2. The van der Waals surface area contributed by atoms with Crippen LogP contribution in [0.5, 0.6) is 11.5 Å². The van der Waals surface area contributed by atoms with Crippen molar-refractivity contribution in [2.45, 2.75) is 19.3 Å². The summed E-state index contributed by atoms with van der Waals surface area (Å²) in [5.41, 5.74) is 0.958. The molecule has 0 aliphatic rings. The van der Waals surface area contributed by atoms with Crippen molar-refractivity contribution in [1.82, 2.24) is 5.32 Å². The number of ether oxygens (including phenoxy) is 2. The Bertz CT molecular complexity index is 518. The molecular formula is C14H17BrNO5-. The van der Waals surface area contributed by atoms with E-state index in [9.17, 15) is 14.7 Å². The SMILES string of the molecule is COc1cc(CCNC(=O)CCC(=O)[O-])cc(Br)c1OC. The van der Waals surface area contributed by atoms with E-state index in [1.165, 1.54) is 0 Å². The summed E-state index contributed by atoms with van der Waals surface area (Å²) in [6, 6.07) is 3.71. The molecule has 7 heteroatoms. The molecule has 0 heterocycles. The second-order valence-electron chi connectivity index (χ2n) is 4.29. The maximum atomic E-state index is 11.4. The van der Waals surface area contributed by atoms with Gasteiger partial charge in [0.15, 0.2) is 11.5 Å². The lowest BCUT2D eigenvalue weighted by atomic mass is 10.1. The van der Waals surface area contributed by atoms with E-state index in [1.54, 1.807) is 14.2 Å². The maximum absolute atomic E-state index is 11.4. The van der Waals surface area contributed by atoms with Crippen molar-refractivity contribution in [3.63, 3.8) is 0 Å². The highest BCUT2D eigenvalue weighted by Crippen LogP contribution is 2.36. The maximum Gasteiger partial charge on any atom is 0.220 e. The molecular weight excluding hydrogens is 342 g/mol. The minimum absolute atomic E-state index is 0.0715. The number of aliphatic carboxylic acids is 1. The highest BCUT2D eigenvalue weighted by Gasteiger charge is 2.10. The quantitative estimate of drug-likeness (QED) is 0.737. The number of carbonyl (C=O) groups excluding carboxylic acids is 2. The number of hydrogen-bond donors (Lipinski definition) is 1. The Morgan fingerprint density at radius 1 is 1.24 bits per heavy atom. The number of carboxylic acids is 1. The molecule has 0 aliphatic heterocycles. The molecule has 0 fully saturated rings. The van der Waals surface area contributed by atoms with E-state index >= 15 is 0 Å². The van der Waals surface area contributed by atoms with Crippen molar-refractivity contribution in [3.8, 4) is 11.5 Å². The summed E-state index contributed by atoms with van der Waals surface area (Å²) in [5, 5.41) is 12.9. The van der Waals surface area contributed by atoms with Crippen molar-refractivity contribution < 1.29 is 24.2 Å². The third-order valence-electron chi connectivity index (χ3n) is 2.79. The van der Waals surface area contributed by atoms with Crippen LogP contribution in [0.3, 0.4) is 0 Å². The zero-order valence-electron chi connectivity index (χ0n) is 11.9. The molecule has 1 aromatic rings. The minimum Gasteiger partial charge on any atom is -0.550 e. The highest BCUT2D eigenvalue weighted by molar-refractivity contribution is 9.10. The van der Waals surface area contributed by atoms with E-state index in [0.717, 1.165) is 10.0 Å². The molecule has 0 aliphatic carbocycles. The van der Waals surface area contributed by atoms with Gasteiger partial charge < -0.3 is 24.7 Å². The topological polar surface area (TPSA) is 87.7 Å². The van der Waals surface area contributed by atoms with Crippen LogP contribution in [0.1, 0.15) is 18.4 Å². The molecule has 0 aromatic heterocycles. The smallest absolute Gasteiger partial charge is 0.220 e. The molecule has 1 rings (SSSR count). The van der Waals surface area contributed by atoms with Crippen LogP contribution >= 0.6 is 15.9 Å². The van der Waals surface area contributed by atoms with Crippen molar-refractivity contribution in [1.29, 1.82) is 0 Å². The predicted molar refractivity (Wildman–Crippen MR) is 78.2 cm³/mol. The molecule has 0 unspecified atom stereocenters. The first kappa shape index (κ1) is 17.3. The molecule has 116 valence electrons. The first-order valence-electron chi connectivity index (χ1n) is 6.35. The second kappa shape index (κ2) is 8.51. The van der Waals surface area contributed by atoms with Crippen LogP contribution in [0.4, 0.5) is 0 Å². The van der Waals surface area contributed by atoms with E-state index in [2.05, 4.69) is 21.2 Å². The Morgan fingerprint density at radius 3 is 2.52 bits per heavy atom. The van der Waals surface area contributed by atoms with Gasteiger partial charge in [-0.25, -0.2) is 0 Å². The normalized spacial score (nSPS) is 10.0. The summed E-state index contributed by atoms with van der Waals surface area (Å²) in [6.45, 7) is 0.411. The van der Waals surface area contributed by atoms with Gasteiger partial charge in [0.2, 0.25) is 5.91 Å². The van der Waals surface area contributed by atoms with E-state index < -0.39 is 5.97 Å². The van der Waals surface area contributed by atoms with Gasteiger partial charge in [-0.05, 0) is 46.5 Å². The lowest BCUT2D eigenvalue weighted by molar-refractivity contribution is -0.305. The monoisotopic (exact) mass is 358 g/mol. The zero-order valence-corrected chi connectivity index (χ0v) is 13.5. The average Bonchev–Trinajstić information content (AvgIpc) is 2.44. The average molecular weight is 359 g/mol. The molecule has 1 aromatic carbocycles. The lowest BCUT2D eigenvalue weighted by Crippen LogP contribution is -2.29. The summed E-state index contributed by atoms with van der Waals surface area (Å²) in [6.07, 6.45) is 0.252. The van der Waals surface area contributed by atoms with Crippen LogP contribution in [-0.2, 0) is 16.0 Å². The highest BCUT2D eigenvalue weighted by atomic mass is 79.9. The molecule has 0 saturated heterocycles. The van der Waals surface area contributed by atoms with Crippen LogP contribution < -0.4 is 19.9 Å². The summed E-state index contributed by atoms with van der Waals surface area (Å²) < 4.78 is 11.2. The molecule has 1 amide bonds. The van der Waals surface area contributed by atoms with Gasteiger partial charge in [0.05, 0.1) is 18.7 Å². The first-order chi connectivity index (χ1) is 9.97. The van der Waals surface area contributed by atoms with Crippen LogP contribution in [-0.4, -0.2) is 32.6 Å². The molecule has 0 bridgehead atoms. The number of nitrogens with one attached hydrogen (secondary N) is 1. The second-order valence-corrected chi connectivity index (χ2v) is 5.14. The molecule has 21 heavy (non-hydrogen) atoms. The molecule has 6 nitrogen and oxygen atoms in total. The number of amides is 1. The summed E-state index contributed by atoms with van der Waals surface area (Å²) in [5.74, 6) is -0.322. The number of rotatable bonds is 8. The fourth-order valence-corrected chi connectivity index (χ4v) is 2.42. The van der Waals surface area contributed by atoms with E-state index in [-0.39, 0.29) is 18.7 Å². The number of halogens is 1. The molecule has 0 atom stereocenters. The predicted octanol–water partition coefficient (Wildman–Crippen LogP) is 0.655. The van der Waals surface area contributed by atoms with Gasteiger partial charge in [-0.3, -0.25) is 4.79 Å². The van der Waals surface area contributed by atoms with Gasteiger partial charge in [-0.2, -0.15) is 0 Å². The number of benzene rings is 1. The fourth-order valence-electron chi connectivity index (χ4n) is 1.77. The zero-order chi connectivity index (χ0) is 15.8. The van der Waals surface area contributed by atoms with E-state index in [1.807, 2.05) is 12.1 Å². The summed E-state index contributed by atoms with van der Waals surface area (Å²) >= 11 is 3.40. The van der Waals surface area contributed by atoms with Gasteiger partial charge in [-0.1, -0.05) is 0 Å². The van der Waals surface area contributed by atoms with E-state index in [0.29, 0.717) is 24.5 Å². The van der Waals surface area contributed by atoms with Crippen molar-refractivity contribution >= 4 is 27.8 Å². The van der Waals surface area contributed by atoms with Gasteiger partial charge in [-0.15, -0.1) is 0 Å². The molecule has 0 radical (unpaired) electrons. The Morgan fingerprint density at radius 2 is 1.95 bits per heavy atom. The minimum atomic E-state index is -1.23. The Labute approximate surface area is 131 Å². The molecule has 0 spiro atoms. The summed E-state index contributed by atoms with van der Waals surface area (Å²) in [4.78, 5) is 21.6. The Balaban J connectivity index is 2.54. The number of hydrogen-bond acceptors (Lipinski definition) is 5. The largest absolute Gasteiger partial charge is 0.550 e. The summed E-state index contributed by atoms with van der Waals surface area (Å²) in [7, 11) is 3.11. The van der Waals surface area contributed by atoms with Crippen LogP contribution in [0.15, 0.2) is 16.6 Å². The van der Waals surface area contributed by atoms with Gasteiger partial charge in [0.1, 0.15) is 0 Å². The molecule has 0 saturated carbocycles. The number of carbonyl (C=O) groups is 2. The van der Waals surface area contributed by atoms with Crippen LogP contribution in [0.25, 0.3) is 0 Å². The van der Waals surface area contributed by atoms with Gasteiger partial charge >= 0.3 is 0 Å². The third kappa shape index (κ3) is 5.63. The van der Waals surface area contributed by atoms with Crippen molar-refractivity contribution in [2.75, 3.05) is 20.8 Å². The van der Waals surface area contributed by atoms with Crippen LogP contribution in [0.2, 0.25) is 0 Å². The third-order valence-corrected chi connectivity index (χ3v) is 3.37. The van der Waals surface area contributed by atoms with Gasteiger partial charge in [0.25, 0.3) is 0 Å². The lowest BCUT2D eigenvalue weighted by Gasteiger charge is -2.12. The fraction of sp³-hybridized carbons (Fsp3) is 0.429. The Hall–Kier alpha value is -1.76. The van der Waals surface area contributed by atoms with Crippen molar-refractivity contribution in [3.05, 3.63) is 22.2 Å². The number of carboxylic acid groups (broad SMARTS) is 1. The van der Waals surface area contributed by atoms with Crippen LogP contribution in [0, 0.1) is 0 Å². The Kier molecular flexibility index (Phi) is 7.01. The first-order valence-corrected chi connectivity index (χ1v) is 7.14.